The zero-order valence-electron chi connectivity index (χ0n) is 7.40. The van der Waals surface area contributed by atoms with E-state index in [0.29, 0.717) is 12.1 Å². The lowest BCUT2D eigenvalue weighted by atomic mass is 10.3. The number of hydrogen-bond donors (Lipinski definition) is 1. The van der Waals surface area contributed by atoms with Crippen LogP contribution in [0.4, 0.5) is 0 Å². The van der Waals surface area contributed by atoms with E-state index in [0.717, 1.165) is 0 Å². The van der Waals surface area contributed by atoms with Gasteiger partial charge in [-0.3, -0.25) is 4.79 Å². The summed E-state index contributed by atoms with van der Waals surface area (Å²) >= 11 is 0. The first-order valence-electron chi connectivity index (χ1n) is 3.99. The first kappa shape index (κ1) is 9.38. The molecule has 0 saturated carbocycles. The molecule has 1 rings (SSSR count). The van der Waals surface area contributed by atoms with Gasteiger partial charge in [0.2, 0.25) is 0 Å². The molecule has 1 heterocycles. The zero-order valence-corrected chi connectivity index (χ0v) is 7.40. The highest BCUT2D eigenvalue weighted by atomic mass is 16.1. The van der Waals surface area contributed by atoms with E-state index in [1.165, 1.54) is 18.7 Å². The lowest BCUT2D eigenvalue weighted by Crippen LogP contribution is -2.23. The normalized spacial score (nSPS) is 10.2. The fraction of sp³-hybridized carbons (Fsp3) is 0.222. The third-order valence-corrected chi connectivity index (χ3v) is 1.44. The molecular weight excluding hydrogens is 166 g/mol. The molecule has 68 valence electrons. The van der Waals surface area contributed by atoms with Gasteiger partial charge in [-0.15, -0.1) is 0 Å². The first-order chi connectivity index (χ1) is 6.34. The van der Waals surface area contributed by atoms with Gasteiger partial charge in [0.15, 0.2) is 0 Å². The third kappa shape index (κ3) is 3.02. The Morgan fingerprint density at radius 3 is 2.85 bits per heavy atom. The summed E-state index contributed by atoms with van der Waals surface area (Å²) in [6.45, 7) is 2.43. The smallest absolute Gasteiger partial charge is 0.254 e. The van der Waals surface area contributed by atoms with Crippen molar-refractivity contribution in [2.45, 2.75) is 6.92 Å². The van der Waals surface area contributed by atoms with Crippen molar-refractivity contribution in [3.8, 4) is 0 Å². The molecule has 0 saturated heterocycles. The van der Waals surface area contributed by atoms with E-state index in [-0.39, 0.29) is 5.91 Å². The Hall–Kier alpha value is -1.71. The number of carbonyl (C=O) groups is 1. The molecule has 1 amide bonds. The van der Waals surface area contributed by atoms with Crippen molar-refractivity contribution in [2.24, 2.45) is 0 Å². The van der Waals surface area contributed by atoms with Gasteiger partial charge in [0.25, 0.3) is 5.91 Å². The lowest BCUT2D eigenvalue weighted by Gasteiger charge is -1.99. The number of hydrogen-bond acceptors (Lipinski definition) is 3. The van der Waals surface area contributed by atoms with Gasteiger partial charge in [-0.2, -0.15) is 0 Å². The van der Waals surface area contributed by atoms with E-state index in [1.807, 2.05) is 19.1 Å². The van der Waals surface area contributed by atoms with Gasteiger partial charge in [-0.05, 0) is 6.92 Å². The first-order valence-corrected chi connectivity index (χ1v) is 3.99. The average Bonchev–Trinajstić information content (AvgIpc) is 2.19. The number of nitrogens with one attached hydrogen (secondary N) is 1. The van der Waals surface area contributed by atoms with E-state index in [2.05, 4.69) is 15.3 Å². The monoisotopic (exact) mass is 177 g/mol. The fourth-order valence-corrected chi connectivity index (χ4v) is 0.788. The van der Waals surface area contributed by atoms with Gasteiger partial charge in [0.05, 0.1) is 5.56 Å². The molecule has 0 fully saturated rings. The van der Waals surface area contributed by atoms with Gasteiger partial charge in [0.1, 0.15) is 6.33 Å². The van der Waals surface area contributed by atoms with E-state index in [9.17, 15) is 4.79 Å². The molecule has 0 bridgehead atoms. The van der Waals surface area contributed by atoms with Gasteiger partial charge in [-0.25, -0.2) is 9.97 Å². The van der Waals surface area contributed by atoms with Crippen LogP contribution >= 0.6 is 0 Å². The van der Waals surface area contributed by atoms with Crippen LogP contribution in [0, 0.1) is 0 Å². The number of nitrogens with zero attached hydrogens (tertiary/aromatic N) is 2. The van der Waals surface area contributed by atoms with Crippen molar-refractivity contribution < 1.29 is 4.79 Å². The molecule has 1 aromatic heterocycles. The van der Waals surface area contributed by atoms with Gasteiger partial charge >= 0.3 is 0 Å². The van der Waals surface area contributed by atoms with Crippen molar-refractivity contribution in [1.82, 2.24) is 15.3 Å². The molecule has 13 heavy (non-hydrogen) atoms. The maximum absolute atomic E-state index is 11.3. The second-order valence-electron chi connectivity index (χ2n) is 2.41. The summed E-state index contributed by atoms with van der Waals surface area (Å²) in [6.07, 6.45) is 8.10. The highest BCUT2D eigenvalue weighted by Gasteiger charge is 2.02. The van der Waals surface area contributed by atoms with Crippen LogP contribution in [0.15, 0.2) is 30.9 Å². The Balaban J connectivity index is 2.49. The summed E-state index contributed by atoms with van der Waals surface area (Å²) < 4.78 is 0. The predicted molar refractivity (Wildman–Crippen MR) is 49.2 cm³/mol. The second-order valence-corrected chi connectivity index (χ2v) is 2.41. The number of carbonyl (C=O) groups excluding carboxylic acids is 1. The standard InChI is InChI=1S/C9H11N3O/c1-2-3-4-12-9(13)8-5-10-7-11-6-8/h2-3,5-7H,4H2,1H3,(H,12,13)/b3-2+. The van der Waals surface area contributed by atoms with Crippen molar-refractivity contribution in [2.75, 3.05) is 6.54 Å². The highest BCUT2D eigenvalue weighted by molar-refractivity contribution is 5.93. The molecule has 0 atom stereocenters. The van der Waals surface area contributed by atoms with Crippen LogP contribution in [-0.4, -0.2) is 22.4 Å². The molecule has 0 spiro atoms. The molecule has 0 aliphatic heterocycles. The van der Waals surface area contributed by atoms with Crippen LogP contribution in [0.25, 0.3) is 0 Å². The van der Waals surface area contributed by atoms with Gasteiger partial charge in [-0.1, -0.05) is 12.2 Å². The van der Waals surface area contributed by atoms with Crippen LogP contribution < -0.4 is 5.32 Å². The summed E-state index contributed by atoms with van der Waals surface area (Å²) in [5.74, 6) is -0.154. The van der Waals surface area contributed by atoms with Crippen molar-refractivity contribution >= 4 is 5.91 Å². The third-order valence-electron chi connectivity index (χ3n) is 1.44. The molecular formula is C9H11N3O. The van der Waals surface area contributed by atoms with Crippen LogP contribution in [-0.2, 0) is 0 Å². The van der Waals surface area contributed by atoms with Gasteiger partial charge in [0, 0.05) is 18.9 Å². The van der Waals surface area contributed by atoms with E-state index in [1.54, 1.807) is 0 Å². The van der Waals surface area contributed by atoms with Gasteiger partial charge < -0.3 is 5.32 Å². The minimum Gasteiger partial charge on any atom is -0.348 e. The van der Waals surface area contributed by atoms with Crippen LogP contribution in [0.2, 0.25) is 0 Å². The summed E-state index contributed by atoms with van der Waals surface area (Å²) in [5.41, 5.74) is 0.479. The SMILES string of the molecule is C/C=C/CNC(=O)c1cncnc1. The van der Waals surface area contributed by atoms with Crippen molar-refractivity contribution in [1.29, 1.82) is 0 Å². The molecule has 0 aromatic carbocycles. The number of rotatable bonds is 3. The molecule has 4 heteroatoms. The maximum atomic E-state index is 11.3. The van der Waals surface area contributed by atoms with Crippen LogP contribution in [0.3, 0.4) is 0 Å². The number of amides is 1. The van der Waals surface area contributed by atoms with E-state index < -0.39 is 0 Å². The van der Waals surface area contributed by atoms with E-state index in [4.69, 9.17) is 0 Å². The Labute approximate surface area is 76.7 Å². The second kappa shape index (κ2) is 5.03. The molecule has 0 unspecified atom stereocenters. The highest BCUT2D eigenvalue weighted by Crippen LogP contribution is 1.91. The average molecular weight is 177 g/mol. The minimum absolute atomic E-state index is 0.154. The fourth-order valence-electron chi connectivity index (χ4n) is 0.788. The topological polar surface area (TPSA) is 54.9 Å². The molecule has 4 nitrogen and oxygen atoms in total. The summed E-state index contributed by atoms with van der Waals surface area (Å²) in [7, 11) is 0. The lowest BCUT2D eigenvalue weighted by molar-refractivity contribution is 0.0957. The zero-order chi connectivity index (χ0) is 9.52. The molecule has 1 N–H and O–H groups in total. The summed E-state index contributed by atoms with van der Waals surface area (Å²) in [5, 5.41) is 2.69. The van der Waals surface area contributed by atoms with Crippen molar-refractivity contribution in [3.63, 3.8) is 0 Å². The van der Waals surface area contributed by atoms with Crippen LogP contribution in [0.5, 0.6) is 0 Å². The molecule has 1 aromatic rings. The summed E-state index contributed by atoms with van der Waals surface area (Å²) in [6, 6.07) is 0. The number of allylic oxidation sites excluding steroid dienone is 1. The molecule has 0 radical (unpaired) electrons. The maximum Gasteiger partial charge on any atom is 0.254 e. The summed E-state index contributed by atoms with van der Waals surface area (Å²) in [4.78, 5) is 18.8. The Morgan fingerprint density at radius 1 is 1.54 bits per heavy atom. The Morgan fingerprint density at radius 2 is 2.23 bits per heavy atom. The van der Waals surface area contributed by atoms with Crippen LogP contribution in [0.1, 0.15) is 17.3 Å². The quantitative estimate of drug-likeness (QED) is 0.694. The Bertz CT molecular complexity index is 295. The van der Waals surface area contributed by atoms with Crippen molar-refractivity contribution in [3.05, 3.63) is 36.4 Å². The molecule has 0 aliphatic rings. The minimum atomic E-state index is -0.154. The molecule has 0 aliphatic carbocycles. The number of aromatic nitrogens is 2. The predicted octanol–water partition coefficient (Wildman–Crippen LogP) is 0.783. The largest absolute Gasteiger partial charge is 0.348 e. The Kier molecular flexibility index (Phi) is 3.63. The van der Waals surface area contributed by atoms with E-state index >= 15 is 0 Å².